The number of para-hydroxylation sites is 1. The maximum absolute atomic E-state index is 12.2. The number of aromatic nitrogens is 1. The summed E-state index contributed by atoms with van der Waals surface area (Å²) >= 11 is 1.38. The molecule has 0 atom stereocenters. The van der Waals surface area contributed by atoms with Crippen molar-refractivity contribution in [2.45, 2.75) is 0 Å². The van der Waals surface area contributed by atoms with Crippen molar-refractivity contribution in [3.05, 3.63) is 65.5 Å². The third-order valence-electron chi connectivity index (χ3n) is 3.82. The van der Waals surface area contributed by atoms with Crippen molar-refractivity contribution in [2.24, 2.45) is 0 Å². The molecule has 0 aliphatic carbocycles. The zero-order chi connectivity index (χ0) is 15.8. The second-order valence-electron chi connectivity index (χ2n) is 5.20. The number of benzene rings is 2. The van der Waals surface area contributed by atoms with E-state index in [2.05, 4.69) is 6.07 Å². The van der Waals surface area contributed by atoms with E-state index in [9.17, 15) is 4.79 Å². The van der Waals surface area contributed by atoms with Crippen LogP contribution in [0.15, 0.2) is 60.7 Å². The molecule has 112 valence electrons. The van der Waals surface area contributed by atoms with Gasteiger partial charge in [0.25, 0.3) is 0 Å². The summed E-state index contributed by atoms with van der Waals surface area (Å²) in [5.74, 6) is -0.323. The predicted molar refractivity (Wildman–Crippen MR) is 93.9 cm³/mol. The number of nitrogens with zero attached hydrogens (tertiary/aromatic N) is 1. The molecule has 0 N–H and O–H groups in total. The molecule has 0 aliphatic heterocycles. The summed E-state index contributed by atoms with van der Waals surface area (Å²) in [5.41, 5.74) is 2.82. The highest BCUT2D eigenvalue weighted by molar-refractivity contribution is 7.21. The van der Waals surface area contributed by atoms with Crippen molar-refractivity contribution in [3.8, 4) is 11.1 Å². The number of pyridine rings is 1. The van der Waals surface area contributed by atoms with Crippen LogP contribution in [0.3, 0.4) is 0 Å². The summed E-state index contributed by atoms with van der Waals surface area (Å²) in [6, 6.07) is 20.0. The molecule has 0 saturated carbocycles. The van der Waals surface area contributed by atoms with Gasteiger partial charge in [-0.1, -0.05) is 48.5 Å². The summed E-state index contributed by atoms with van der Waals surface area (Å²) in [7, 11) is 1.41. The van der Waals surface area contributed by atoms with Gasteiger partial charge in [-0.3, -0.25) is 0 Å². The predicted octanol–water partition coefficient (Wildman–Crippen LogP) is 4.90. The topological polar surface area (TPSA) is 39.2 Å². The van der Waals surface area contributed by atoms with Crippen LogP contribution >= 0.6 is 11.3 Å². The van der Waals surface area contributed by atoms with Gasteiger partial charge in [-0.05, 0) is 17.7 Å². The Morgan fingerprint density at radius 1 is 1.04 bits per heavy atom. The van der Waals surface area contributed by atoms with E-state index >= 15 is 0 Å². The minimum Gasteiger partial charge on any atom is -0.465 e. The van der Waals surface area contributed by atoms with Gasteiger partial charge in [0.1, 0.15) is 9.71 Å². The Morgan fingerprint density at radius 3 is 2.57 bits per heavy atom. The maximum Gasteiger partial charge on any atom is 0.348 e. The van der Waals surface area contributed by atoms with Crippen LogP contribution in [0.25, 0.3) is 32.2 Å². The van der Waals surface area contributed by atoms with Gasteiger partial charge in [0, 0.05) is 16.3 Å². The summed E-state index contributed by atoms with van der Waals surface area (Å²) in [5, 5.41) is 2.05. The number of rotatable bonds is 2. The minimum absolute atomic E-state index is 0.323. The number of esters is 1. The molecule has 4 heteroatoms. The van der Waals surface area contributed by atoms with Gasteiger partial charge in [-0.15, -0.1) is 11.3 Å². The van der Waals surface area contributed by atoms with E-state index in [0.717, 1.165) is 32.2 Å². The van der Waals surface area contributed by atoms with Crippen LogP contribution in [0.4, 0.5) is 0 Å². The lowest BCUT2D eigenvalue weighted by Crippen LogP contribution is -1.99. The van der Waals surface area contributed by atoms with E-state index in [1.807, 2.05) is 54.6 Å². The molecule has 3 nitrogen and oxygen atoms in total. The summed E-state index contributed by atoms with van der Waals surface area (Å²) in [4.78, 5) is 18.4. The molecule has 0 radical (unpaired) electrons. The molecule has 2 aromatic carbocycles. The first kappa shape index (κ1) is 13.9. The van der Waals surface area contributed by atoms with Crippen molar-refractivity contribution < 1.29 is 9.53 Å². The Labute approximate surface area is 137 Å². The number of carbonyl (C=O) groups is 1. The van der Waals surface area contributed by atoms with Crippen LogP contribution in [-0.4, -0.2) is 18.1 Å². The number of ether oxygens (including phenoxy) is 1. The number of hydrogen-bond donors (Lipinski definition) is 0. The largest absolute Gasteiger partial charge is 0.465 e. The molecule has 0 unspecified atom stereocenters. The number of hydrogen-bond acceptors (Lipinski definition) is 4. The zero-order valence-electron chi connectivity index (χ0n) is 12.4. The van der Waals surface area contributed by atoms with E-state index in [0.29, 0.717) is 4.88 Å². The highest BCUT2D eigenvalue weighted by Crippen LogP contribution is 2.39. The number of methoxy groups -OCH3 is 1. The van der Waals surface area contributed by atoms with Crippen molar-refractivity contribution in [1.82, 2.24) is 4.98 Å². The Balaban J connectivity index is 2.11. The van der Waals surface area contributed by atoms with E-state index in [1.165, 1.54) is 18.4 Å². The Bertz CT molecular complexity index is 1020. The molecule has 4 rings (SSSR count). The highest BCUT2D eigenvalue weighted by atomic mass is 32.1. The second-order valence-corrected chi connectivity index (χ2v) is 6.20. The Morgan fingerprint density at radius 2 is 1.78 bits per heavy atom. The molecule has 0 fully saturated rings. The lowest BCUT2D eigenvalue weighted by Gasteiger charge is -2.04. The molecule has 0 saturated heterocycles. The smallest absolute Gasteiger partial charge is 0.348 e. The lowest BCUT2D eigenvalue weighted by molar-refractivity contribution is 0.0607. The zero-order valence-corrected chi connectivity index (χ0v) is 13.3. The monoisotopic (exact) mass is 319 g/mol. The first-order valence-corrected chi connectivity index (χ1v) is 8.05. The van der Waals surface area contributed by atoms with Crippen molar-refractivity contribution >= 4 is 38.4 Å². The van der Waals surface area contributed by atoms with Crippen LogP contribution in [0.5, 0.6) is 0 Å². The number of thiophene rings is 1. The van der Waals surface area contributed by atoms with Gasteiger partial charge in [-0.2, -0.15) is 0 Å². The van der Waals surface area contributed by atoms with Crippen molar-refractivity contribution in [3.63, 3.8) is 0 Å². The van der Waals surface area contributed by atoms with E-state index in [1.54, 1.807) is 0 Å². The molecule has 0 spiro atoms. The van der Waals surface area contributed by atoms with Crippen LogP contribution in [0.2, 0.25) is 0 Å². The standard InChI is InChI=1S/C19H13NO2S/c1-22-19(21)17-16(12-7-3-2-4-8-12)14-11-13-9-5-6-10-15(13)20-18(14)23-17/h2-11H,1H3. The van der Waals surface area contributed by atoms with Crippen LogP contribution in [0.1, 0.15) is 9.67 Å². The van der Waals surface area contributed by atoms with Crippen LogP contribution in [-0.2, 0) is 4.74 Å². The SMILES string of the molecule is COC(=O)c1sc2nc3ccccc3cc2c1-c1ccccc1. The molecular weight excluding hydrogens is 306 g/mol. The minimum atomic E-state index is -0.323. The van der Waals surface area contributed by atoms with E-state index in [-0.39, 0.29) is 5.97 Å². The fourth-order valence-corrected chi connectivity index (χ4v) is 3.86. The van der Waals surface area contributed by atoms with Gasteiger partial charge < -0.3 is 4.74 Å². The van der Waals surface area contributed by atoms with Crippen molar-refractivity contribution in [2.75, 3.05) is 7.11 Å². The van der Waals surface area contributed by atoms with Gasteiger partial charge >= 0.3 is 5.97 Å². The molecule has 23 heavy (non-hydrogen) atoms. The Kier molecular flexibility index (Phi) is 3.32. The molecule has 4 aromatic rings. The third-order valence-corrected chi connectivity index (χ3v) is 4.90. The summed E-state index contributed by atoms with van der Waals surface area (Å²) in [6.07, 6.45) is 0. The third kappa shape index (κ3) is 2.28. The lowest BCUT2D eigenvalue weighted by atomic mass is 10.0. The van der Waals surface area contributed by atoms with Crippen LogP contribution in [0, 0.1) is 0 Å². The average Bonchev–Trinajstić information content (AvgIpc) is 2.98. The highest BCUT2D eigenvalue weighted by Gasteiger charge is 2.21. The van der Waals surface area contributed by atoms with E-state index < -0.39 is 0 Å². The molecule has 0 bridgehead atoms. The molecule has 0 amide bonds. The molecule has 2 aromatic heterocycles. The van der Waals surface area contributed by atoms with Crippen molar-refractivity contribution in [1.29, 1.82) is 0 Å². The summed E-state index contributed by atoms with van der Waals surface area (Å²) < 4.78 is 4.97. The van der Waals surface area contributed by atoms with Gasteiger partial charge in [0.05, 0.1) is 12.6 Å². The first-order valence-electron chi connectivity index (χ1n) is 7.24. The fourth-order valence-electron chi connectivity index (χ4n) is 2.75. The Hall–Kier alpha value is -2.72. The van der Waals surface area contributed by atoms with Gasteiger partial charge in [0.15, 0.2) is 0 Å². The summed E-state index contributed by atoms with van der Waals surface area (Å²) in [6.45, 7) is 0. The normalized spacial score (nSPS) is 11.0. The first-order chi connectivity index (χ1) is 11.3. The number of fused-ring (bicyclic) bond motifs is 2. The van der Waals surface area contributed by atoms with Crippen LogP contribution < -0.4 is 0 Å². The van der Waals surface area contributed by atoms with Gasteiger partial charge in [-0.25, -0.2) is 9.78 Å². The maximum atomic E-state index is 12.2. The quantitative estimate of drug-likeness (QED) is 0.493. The molecule has 2 heterocycles. The number of carbonyl (C=O) groups excluding carboxylic acids is 1. The molecular formula is C19H13NO2S. The molecule has 0 aliphatic rings. The fraction of sp³-hybridized carbons (Fsp3) is 0.0526. The van der Waals surface area contributed by atoms with E-state index in [4.69, 9.17) is 9.72 Å². The second kappa shape index (κ2) is 5.48. The average molecular weight is 319 g/mol. The van der Waals surface area contributed by atoms with Gasteiger partial charge in [0.2, 0.25) is 0 Å².